The van der Waals surface area contributed by atoms with Crippen molar-refractivity contribution in [3.63, 3.8) is 0 Å². The number of nitrogens with zero attached hydrogens (tertiary/aromatic N) is 1. The van der Waals surface area contributed by atoms with Crippen LogP contribution in [0.15, 0.2) is 36.5 Å². The first kappa shape index (κ1) is 14.7. The van der Waals surface area contributed by atoms with Crippen molar-refractivity contribution in [3.8, 4) is 0 Å². The van der Waals surface area contributed by atoms with Crippen LogP contribution in [-0.4, -0.2) is 11.5 Å². The number of aryl methyl sites for hydroxylation is 2. The number of aromatic nitrogens is 1. The van der Waals surface area contributed by atoms with Crippen molar-refractivity contribution in [2.75, 3.05) is 6.54 Å². The normalized spacial score (nSPS) is 12.4. The van der Waals surface area contributed by atoms with E-state index in [4.69, 9.17) is 0 Å². The van der Waals surface area contributed by atoms with E-state index in [0.29, 0.717) is 5.56 Å². The topological polar surface area (TPSA) is 24.9 Å². The first-order chi connectivity index (χ1) is 9.61. The van der Waals surface area contributed by atoms with Crippen LogP contribution in [0.25, 0.3) is 0 Å². The fourth-order valence-electron chi connectivity index (χ4n) is 2.31. The van der Waals surface area contributed by atoms with Gasteiger partial charge in [-0.2, -0.15) is 0 Å². The Labute approximate surface area is 120 Å². The molecule has 0 amide bonds. The molecule has 1 aromatic carbocycles. The van der Waals surface area contributed by atoms with E-state index in [0.717, 1.165) is 24.2 Å². The summed E-state index contributed by atoms with van der Waals surface area (Å²) < 4.78 is 13.8. The summed E-state index contributed by atoms with van der Waals surface area (Å²) in [7, 11) is 0. The zero-order valence-corrected chi connectivity index (χ0v) is 12.3. The van der Waals surface area contributed by atoms with Gasteiger partial charge in [0.25, 0.3) is 0 Å². The Kier molecular flexibility index (Phi) is 4.85. The minimum atomic E-state index is -0.150. The van der Waals surface area contributed by atoms with Gasteiger partial charge in [0.1, 0.15) is 5.82 Å². The fraction of sp³-hybridized carbons (Fsp3) is 0.353. The molecule has 1 heterocycles. The molecular formula is C17H21FN2. The summed E-state index contributed by atoms with van der Waals surface area (Å²) in [6.45, 7) is 6.74. The number of likely N-dealkylation sites (N-methyl/N-ethyl adjacent to an activating group) is 1. The first-order valence-corrected chi connectivity index (χ1v) is 7.01. The van der Waals surface area contributed by atoms with Gasteiger partial charge in [0, 0.05) is 24.4 Å². The Balaban J connectivity index is 2.27. The Morgan fingerprint density at radius 1 is 1.20 bits per heavy atom. The molecule has 1 N–H and O–H groups in total. The number of halogens is 1. The largest absolute Gasteiger partial charge is 0.310 e. The first-order valence-electron chi connectivity index (χ1n) is 7.01. The summed E-state index contributed by atoms with van der Waals surface area (Å²) >= 11 is 0. The van der Waals surface area contributed by atoms with E-state index in [1.165, 1.54) is 5.56 Å². The molecule has 0 bridgehead atoms. The van der Waals surface area contributed by atoms with Gasteiger partial charge < -0.3 is 5.32 Å². The van der Waals surface area contributed by atoms with Gasteiger partial charge in [0.05, 0.1) is 0 Å². The highest BCUT2D eigenvalue weighted by molar-refractivity contribution is 5.28. The molecule has 2 nitrogen and oxygen atoms in total. The van der Waals surface area contributed by atoms with Crippen LogP contribution in [0.1, 0.15) is 35.3 Å². The third kappa shape index (κ3) is 3.42. The van der Waals surface area contributed by atoms with Crippen LogP contribution in [0.3, 0.4) is 0 Å². The minimum Gasteiger partial charge on any atom is -0.310 e. The maximum absolute atomic E-state index is 13.8. The monoisotopic (exact) mass is 272 g/mol. The number of pyridine rings is 1. The standard InChI is InChI=1S/C17H21FN2/c1-4-19-17(11-16-13(3)6-5-9-20-16)14-8-7-12(2)15(18)10-14/h5-10,17,19H,4,11H2,1-3H3. The number of hydrogen-bond donors (Lipinski definition) is 1. The molecule has 2 aromatic rings. The molecule has 106 valence electrons. The van der Waals surface area contributed by atoms with Gasteiger partial charge in [0.15, 0.2) is 0 Å². The smallest absolute Gasteiger partial charge is 0.126 e. The number of benzene rings is 1. The average molecular weight is 272 g/mol. The van der Waals surface area contributed by atoms with Crippen LogP contribution < -0.4 is 5.32 Å². The van der Waals surface area contributed by atoms with Gasteiger partial charge in [-0.05, 0) is 49.2 Å². The third-order valence-corrected chi connectivity index (χ3v) is 3.56. The molecule has 0 aliphatic rings. The van der Waals surface area contributed by atoms with Crippen LogP contribution >= 0.6 is 0 Å². The van der Waals surface area contributed by atoms with Crippen LogP contribution in [0.4, 0.5) is 4.39 Å². The lowest BCUT2D eigenvalue weighted by molar-refractivity contribution is 0.535. The van der Waals surface area contributed by atoms with E-state index in [2.05, 4.69) is 30.2 Å². The Bertz CT molecular complexity index is 581. The molecule has 2 rings (SSSR count). The maximum Gasteiger partial charge on any atom is 0.126 e. The molecule has 0 aliphatic carbocycles. The Hall–Kier alpha value is -1.74. The quantitative estimate of drug-likeness (QED) is 0.897. The van der Waals surface area contributed by atoms with Crippen LogP contribution in [-0.2, 0) is 6.42 Å². The lowest BCUT2D eigenvalue weighted by atomic mass is 9.98. The second-order valence-electron chi connectivity index (χ2n) is 5.09. The van der Waals surface area contributed by atoms with Gasteiger partial charge >= 0.3 is 0 Å². The zero-order valence-electron chi connectivity index (χ0n) is 12.3. The van der Waals surface area contributed by atoms with Gasteiger partial charge in [-0.15, -0.1) is 0 Å². The van der Waals surface area contributed by atoms with Crippen molar-refractivity contribution in [3.05, 3.63) is 64.7 Å². The second kappa shape index (κ2) is 6.62. The van der Waals surface area contributed by atoms with E-state index >= 15 is 0 Å². The highest BCUT2D eigenvalue weighted by atomic mass is 19.1. The molecule has 0 spiro atoms. The molecule has 1 atom stereocenters. The van der Waals surface area contributed by atoms with E-state index in [-0.39, 0.29) is 11.9 Å². The second-order valence-corrected chi connectivity index (χ2v) is 5.09. The lowest BCUT2D eigenvalue weighted by Gasteiger charge is -2.19. The molecular weight excluding hydrogens is 251 g/mol. The van der Waals surface area contributed by atoms with Crippen molar-refractivity contribution >= 4 is 0 Å². The highest BCUT2D eigenvalue weighted by Crippen LogP contribution is 2.21. The van der Waals surface area contributed by atoms with E-state index < -0.39 is 0 Å². The van der Waals surface area contributed by atoms with Crippen molar-refractivity contribution in [2.45, 2.75) is 33.2 Å². The number of hydrogen-bond acceptors (Lipinski definition) is 2. The summed E-state index contributed by atoms with van der Waals surface area (Å²) in [5.74, 6) is -0.150. The van der Waals surface area contributed by atoms with Gasteiger partial charge in [-0.25, -0.2) is 4.39 Å². The van der Waals surface area contributed by atoms with Crippen LogP contribution in [0.5, 0.6) is 0 Å². The van der Waals surface area contributed by atoms with Gasteiger partial charge in [-0.1, -0.05) is 25.1 Å². The van der Waals surface area contributed by atoms with E-state index in [1.807, 2.05) is 18.2 Å². The summed E-state index contributed by atoms with van der Waals surface area (Å²) in [5.41, 5.74) is 3.88. The van der Waals surface area contributed by atoms with Crippen molar-refractivity contribution in [1.82, 2.24) is 10.3 Å². The summed E-state index contributed by atoms with van der Waals surface area (Å²) in [6, 6.07) is 9.53. The van der Waals surface area contributed by atoms with Crippen molar-refractivity contribution < 1.29 is 4.39 Å². The van der Waals surface area contributed by atoms with Crippen molar-refractivity contribution in [2.24, 2.45) is 0 Å². The fourth-order valence-corrected chi connectivity index (χ4v) is 2.31. The summed E-state index contributed by atoms with van der Waals surface area (Å²) in [6.07, 6.45) is 2.57. The minimum absolute atomic E-state index is 0.0868. The predicted octanol–water partition coefficient (Wildman–Crippen LogP) is 3.73. The van der Waals surface area contributed by atoms with Crippen LogP contribution in [0, 0.1) is 19.7 Å². The summed E-state index contributed by atoms with van der Waals surface area (Å²) in [4.78, 5) is 4.43. The molecule has 20 heavy (non-hydrogen) atoms. The maximum atomic E-state index is 13.8. The van der Waals surface area contributed by atoms with Gasteiger partial charge in [-0.3, -0.25) is 4.98 Å². The molecule has 3 heteroatoms. The molecule has 0 saturated heterocycles. The Morgan fingerprint density at radius 3 is 2.65 bits per heavy atom. The van der Waals surface area contributed by atoms with E-state index in [1.54, 1.807) is 19.2 Å². The number of rotatable bonds is 5. The van der Waals surface area contributed by atoms with Crippen molar-refractivity contribution in [1.29, 1.82) is 0 Å². The van der Waals surface area contributed by atoms with Gasteiger partial charge in [0.2, 0.25) is 0 Å². The predicted molar refractivity (Wildman–Crippen MR) is 80.2 cm³/mol. The third-order valence-electron chi connectivity index (χ3n) is 3.56. The average Bonchev–Trinajstić information content (AvgIpc) is 2.44. The molecule has 0 fully saturated rings. The van der Waals surface area contributed by atoms with Crippen LogP contribution in [0.2, 0.25) is 0 Å². The molecule has 0 saturated carbocycles. The Morgan fingerprint density at radius 2 is 2.00 bits per heavy atom. The zero-order chi connectivity index (χ0) is 14.5. The summed E-state index contributed by atoms with van der Waals surface area (Å²) in [5, 5.41) is 3.41. The SMILES string of the molecule is CCNC(Cc1ncccc1C)c1ccc(C)c(F)c1. The highest BCUT2D eigenvalue weighted by Gasteiger charge is 2.14. The molecule has 1 unspecified atom stereocenters. The number of nitrogens with one attached hydrogen (secondary N) is 1. The van der Waals surface area contributed by atoms with E-state index in [9.17, 15) is 4.39 Å². The molecule has 0 aliphatic heterocycles. The lowest BCUT2D eigenvalue weighted by Crippen LogP contribution is -2.23. The molecule has 1 aromatic heterocycles. The molecule has 0 radical (unpaired) electrons.